The molecule has 31 heavy (non-hydrogen) atoms. The third-order valence-electron chi connectivity index (χ3n) is 5.16. The molecule has 6 nitrogen and oxygen atoms in total. The van der Waals surface area contributed by atoms with Crippen molar-refractivity contribution in [3.8, 4) is 28.6 Å². The molecule has 1 aromatic heterocycles. The molecule has 158 valence electrons. The molecule has 0 saturated heterocycles. The smallest absolute Gasteiger partial charge is 0.203 e. The number of methoxy groups -OCH3 is 3. The van der Waals surface area contributed by atoms with Gasteiger partial charge in [0.2, 0.25) is 5.75 Å². The van der Waals surface area contributed by atoms with E-state index in [1.807, 2.05) is 36.4 Å². The van der Waals surface area contributed by atoms with E-state index in [4.69, 9.17) is 24.2 Å². The number of para-hydroxylation sites is 1. The Hall–Kier alpha value is -3.80. The average molecular weight is 415 g/mol. The van der Waals surface area contributed by atoms with Gasteiger partial charge < -0.3 is 19.5 Å². The molecule has 4 rings (SSSR count). The number of anilines is 2. The molecule has 0 spiro atoms. The molecule has 0 atom stereocenters. The lowest BCUT2D eigenvalue weighted by molar-refractivity contribution is 0.324. The lowest BCUT2D eigenvalue weighted by Gasteiger charge is -2.15. The highest BCUT2D eigenvalue weighted by Gasteiger charge is 2.17. The second kappa shape index (κ2) is 8.52. The number of fused-ring (bicyclic) bond motifs is 1. The fourth-order valence-electron chi connectivity index (χ4n) is 3.59. The second-order valence-corrected chi connectivity index (χ2v) is 7.27. The fraction of sp³-hybridized carbons (Fsp3) is 0.200. The third-order valence-corrected chi connectivity index (χ3v) is 5.16. The van der Waals surface area contributed by atoms with Crippen LogP contribution in [0.2, 0.25) is 0 Å². The number of rotatable bonds is 6. The highest BCUT2D eigenvalue weighted by molar-refractivity contribution is 5.92. The van der Waals surface area contributed by atoms with Crippen molar-refractivity contribution in [1.29, 1.82) is 0 Å². The second-order valence-electron chi connectivity index (χ2n) is 7.27. The van der Waals surface area contributed by atoms with Crippen molar-refractivity contribution in [3.05, 3.63) is 65.7 Å². The minimum atomic E-state index is 0.531. The molecule has 1 N–H and O–H groups in total. The fourth-order valence-corrected chi connectivity index (χ4v) is 3.59. The summed E-state index contributed by atoms with van der Waals surface area (Å²) in [5.74, 6) is 2.93. The summed E-state index contributed by atoms with van der Waals surface area (Å²) in [7, 11) is 4.77. The monoisotopic (exact) mass is 415 g/mol. The predicted octanol–water partition coefficient (Wildman–Crippen LogP) is 5.68. The number of benzene rings is 3. The number of aryl methyl sites for hydroxylation is 2. The molecule has 0 aliphatic rings. The topological polar surface area (TPSA) is 65.5 Å². The van der Waals surface area contributed by atoms with E-state index >= 15 is 0 Å². The van der Waals surface area contributed by atoms with Crippen molar-refractivity contribution < 1.29 is 14.2 Å². The zero-order valence-electron chi connectivity index (χ0n) is 18.3. The minimum Gasteiger partial charge on any atom is -0.493 e. The van der Waals surface area contributed by atoms with Gasteiger partial charge in [-0.15, -0.1) is 0 Å². The first kappa shape index (κ1) is 20.5. The summed E-state index contributed by atoms with van der Waals surface area (Å²) in [6.45, 7) is 4.16. The number of nitrogens with one attached hydrogen (secondary N) is 1. The van der Waals surface area contributed by atoms with Crippen molar-refractivity contribution in [2.24, 2.45) is 0 Å². The van der Waals surface area contributed by atoms with Gasteiger partial charge in [-0.05, 0) is 49.7 Å². The molecule has 0 radical (unpaired) electrons. The molecule has 4 aromatic rings. The van der Waals surface area contributed by atoms with E-state index < -0.39 is 0 Å². The summed E-state index contributed by atoms with van der Waals surface area (Å²) in [6.07, 6.45) is 0. The normalized spacial score (nSPS) is 10.7. The molecule has 0 fully saturated rings. The van der Waals surface area contributed by atoms with Gasteiger partial charge in [0.1, 0.15) is 5.82 Å². The van der Waals surface area contributed by atoms with Gasteiger partial charge in [-0.1, -0.05) is 29.8 Å². The zero-order chi connectivity index (χ0) is 22.0. The van der Waals surface area contributed by atoms with E-state index in [1.165, 1.54) is 5.56 Å². The van der Waals surface area contributed by atoms with Crippen molar-refractivity contribution >= 4 is 22.4 Å². The maximum absolute atomic E-state index is 5.50. The van der Waals surface area contributed by atoms with Crippen LogP contribution in [0.3, 0.4) is 0 Å². The van der Waals surface area contributed by atoms with Crippen LogP contribution >= 0.6 is 0 Å². The third kappa shape index (κ3) is 3.97. The van der Waals surface area contributed by atoms with Crippen LogP contribution in [0, 0.1) is 13.8 Å². The number of aromatic nitrogens is 2. The van der Waals surface area contributed by atoms with Gasteiger partial charge in [0, 0.05) is 16.6 Å². The molecule has 1 heterocycles. The number of hydrogen-bond donors (Lipinski definition) is 1. The van der Waals surface area contributed by atoms with Crippen LogP contribution in [-0.4, -0.2) is 31.3 Å². The van der Waals surface area contributed by atoms with Crippen LogP contribution in [0.4, 0.5) is 11.5 Å². The molecule has 6 heteroatoms. The molecule has 0 saturated carbocycles. The molecule has 0 bridgehead atoms. The summed E-state index contributed by atoms with van der Waals surface area (Å²) in [5.41, 5.74) is 4.98. The molecular weight excluding hydrogens is 390 g/mol. The summed E-state index contributed by atoms with van der Waals surface area (Å²) in [4.78, 5) is 9.65. The van der Waals surface area contributed by atoms with Crippen LogP contribution in [0.5, 0.6) is 17.2 Å². The van der Waals surface area contributed by atoms with Crippen LogP contribution < -0.4 is 19.5 Å². The Morgan fingerprint density at radius 3 is 2.13 bits per heavy atom. The molecule has 3 aromatic carbocycles. The number of hydrogen-bond acceptors (Lipinski definition) is 6. The summed E-state index contributed by atoms with van der Waals surface area (Å²) in [5, 5.41) is 4.44. The first-order valence-corrected chi connectivity index (χ1v) is 9.95. The largest absolute Gasteiger partial charge is 0.493 e. The Morgan fingerprint density at radius 1 is 0.774 bits per heavy atom. The molecular formula is C25H25N3O3. The predicted molar refractivity (Wildman–Crippen MR) is 124 cm³/mol. The van der Waals surface area contributed by atoms with E-state index in [-0.39, 0.29) is 0 Å². The number of nitrogens with zero attached hydrogens (tertiary/aromatic N) is 2. The standard InChI is InChI=1S/C25H25N3O3/c1-15-10-11-19(16(2)12-15)26-25-18-8-6-7-9-20(18)27-24(28-25)17-13-21(29-3)23(31-5)22(14-17)30-4/h6-14H,1-5H3,(H,26,27,28). The van der Waals surface area contributed by atoms with Gasteiger partial charge in [-0.3, -0.25) is 0 Å². The van der Waals surface area contributed by atoms with Crippen LogP contribution in [-0.2, 0) is 0 Å². The minimum absolute atomic E-state index is 0.531. The van der Waals surface area contributed by atoms with Crippen molar-refractivity contribution in [2.75, 3.05) is 26.6 Å². The van der Waals surface area contributed by atoms with Gasteiger partial charge in [-0.2, -0.15) is 0 Å². The van der Waals surface area contributed by atoms with E-state index in [0.717, 1.165) is 33.5 Å². The van der Waals surface area contributed by atoms with Gasteiger partial charge in [0.15, 0.2) is 17.3 Å². The van der Waals surface area contributed by atoms with E-state index in [2.05, 4.69) is 37.4 Å². The Kier molecular flexibility index (Phi) is 5.62. The van der Waals surface area contributed by atoms with Gasteiger partial charge in [0.25, 0.3) is 0 Å². The van der Waals surface area contributed by atoms with Gasteiger partial charge in [-0.25, -0.2) is 9.97 Å². The highest BCUT2D eigenvalue weighted by atomic mass is 16.5. The molecule has 0 aliphatic heterocycles. The van der Waals surface area contributed by atoms with Crippen molar-refractivity contribution in [3.63, 3.8) is 0 Å². The van der Waals surface area contributed by atoms with Crippen LogP contribution in [0.1, 0.15) is 11.1 Å². The average Bonchev–Trinajstić information content (AvgIpc) is 2.79. The maximum atomic E-state index is 5.50. The van der Waals surface area contributed by atoms with Crippen LogP contribution in [0.15, 0.2) is 54.6 Å². The van der Waals surface area contributed by atoms with E-state index in [0.29, 0.717) is 23.1 Å². The lowest BCUT2D eigenvalue weighted by Crippen LogP contribution is -2.02. The molecule has 0 amide bonds. The highest BCUT2D eigenvalue weighted by Crippen LogP contribution is 2.41. The Balaban J connectivity index is 1.89. The van der Waals surface area contributed by atoms with Gasteiger partial charge in [0.05, 0.1) is 26.8 Å². The Bertz CT molecular complexity index is 1230. The van der Waals surface area contributed by atoms with E-state index in [9.17, 15) is 0 Å². The lowest BCUT2D eigenvalue weighted by atomic mass is 10.1. The van der Waals surface area contributed by atoms with Crippen molar-refractivity contribution in [1.82, 2.24) is 9.97 Å². The van der Waals surface area contributed by atoms with E-state index in [1.54, 1.807) is 21.3 Å². The SMILES string of the molecule is COc1cc(-c2nc(Nc3ccc(C)cc3C)c3ccccc3n2)cc(OC)c1OC. The first-order valence-electron chi connectivity index (χ1n) is 9.95. The maximum Gasteiger partial charge on any atom is 0.203 e. The summed E-state index contributed by atoms with van der Waals surface area (Å²) in [6, 6.07) is 17.9. The van der Waals surface area contributed by atoms with Crippen LogP contribution in [0.25, 0.3) is 22.3 Å². The first-order chi connectivity index (χ1) is 15.0. The van der Waals surface area contributed by atoms with Crippen molar-refractivity contribution in [2.45, 2.75) is 13.8 Å². The quantitative estimate of drug-likeness (QED) is 0.437. The summed E-state index contributed by atoms with van der Waals surface area (Å²) < 4.78 is 16.5. The Morgan fingerprint density at radius 2 is 1.48 bits per heavy atom. The van der Waals surface area contributed by atoms with Gasteiger partial charge >= 0.3 is 0 Å². The molecule has 0 unspecified atom stereocenters. The number of ether oxygens (including phenoxy) is 3. The Labute approximate surface area is 181 Å². The zero-order valence-corrected chi connectivity index (χ0v) is 18.3. The molecule has 0 aliphatic carbocycles. The summed E-state index contributed by atoms with van der Waals surface area (Å²) >= 11 is 0.